The number of methoxy groups -OCH3 is 1. The zero-order chi connectivity index (χ0) is 21.0. The molecule has 2 amide bonds. The Kier molecular flexibility index (Phi) is 6.47. The Balaban J connectivity index is 1.95. The van der Waals surface area contributed by atoms with Crippen LogP contribution in [-0.4, -0.2) is 37.0 Å². The standard InChI is InChI=1S/C22H19BrN2O4/c1-14-18(21(26)25(10-3-11-28-2)22(27)19(14)13-24)12-17-8-9-20(29-17)15-4-6-16(23)7-5-15/h4-9,12H,3,10-11H2,1-2H3/b18-12+. The third kappa shape index (κ3) is 4.39. The van der Waals surface area contributed by atoms with Gasteiger partial charge in [-0.25, -0.2) is 0 Å². The molecule has 0 fully saturated rings. The van der Waals surface area contributed by atoms with Crippen LogP contribution in [0.15, 0.2) is 62.0 Å². The first-order valence-electron chi connectivity index (χ1n) is 9.00. The molecule has 148 valence electrons. The number of furan rings is 1. The van der Waals surface area contributed by atoms with Gasteiger partial charge in [0.25, 0.3) is 11.8 Å². The monoisotopic (exact) mass is 454 g/mol. The molecule has 0 atom stereocenters. The lowest BCUT2D eigenvalue weighted by Gasteiger charge is -2.27. The van der Waals surface area contributed by atoms with E-state index < -0.39 is 11.8 Å². The summed E-state index contributed by atoms with van der Waals surface area (Å²) in [7, 11) is 1.55. The van der Waals surface area contributed by atoms with Crippen LogP contribution in [0.1, 0.15) is 19.1 Å². The van der Waals surface area contributed by atoms with Crippen LogP contribution in [0.4, 0.5) is 0 Å². The van der Waals surface area contributed by atoms with Crippen molar-refractivity contribution in [3.8, 4) is 17.4 Å². The Labute approximate surface area is 177 Å². The summed E-state index contributed by atoms with van der Waals surface area (Å²) in [5, 5.41) is 9.42. The largest absolute Gasteiger partial charge is 0.457 e. The van der Waals surface area contributed by atoms with Gasteiger partial charge in [0.1, 0.15) is 23.2 Å². The van der Waals surface area contributed by atoms with Crippen molar-refractivity contribution in [3.05, 3.63) is 63.4 Å². The molecule has 0 spiro atoms. The molecule has 29 heavy (non-hydrogen) atoms. The highest BCUT2D eigenvalue weighted by atomic mass is 79.9. The van der Waals surface area contributed by atoms with Crippen LogP contribution >= 0.6 is 15.9 Å². The number of nitriles is 1. The van der Waals surface area contributed by atoms with Gasteiger partial charge in [0.05, 0.1) is 0 Å². The molecule has 7 heteroatoms. The van der Waals surface area contributed by atoms with E-state index in [1.165, 1.54) is 0 Å². The molecule has 0 aliphatic carbocycles. The van der Waals surface area contributed by atoms with Crippen LogP contribution in [0, 0.1) is 11.3 Å². The van der Waals surface area contributed by atoms with Crippen molar-refractivity contribution in [2.45, 2.75) is 13.3 Å². The highest BCUT2D eigenvalue weighted by Crippen LogP contribution is 2.29. The third-order valence-electron chi connectivity index (χ3n) is 4.60. The number of rotatable bonds is 6. The van der Waals surface area contributed by atoms with E-state index in [1.807, 2.05) is 36.4 Å². The molecule has 3 rings (SSSR count). The Morgan fingerprint density at radius 1 is 1.17 bits per heavy atom. The Bertz CT molecular complexity index is 1040. The molecule has 1 aliphatic heterocycles. The van der Waals surface area contributed by atoms with Crippen LogP contribution in [0.5, 0.6) is 0 Å². The predicted molar refractivity (Wildman–Crippen MR) is 111 cm³/mol. The average molecular weight is 455 g/mol. The van der Waals surface area contributed by atoms with Crippen molar-refractivity contribution in [2.24, 2.45) is 0 Å². The second kappa shape index (κ2) is 9.03. The number of nitrogens with zero attached hydrogens (tertiary/aromatic N) is 2. The van der Waals surface area contributed by atoms with Gasteiger partial charge in [-0.2, -0.15) is 5.26 Å². The minimum Gasteiger partial charge on any atom is -0.457 e. The molecule has 1 aromatic heterocycles. The lowest BCUT2D eigenvalue weighted by atomic mass is 9.94. The molecule has 1 aliphatic rings. The first kappa shape index (κ1) is 20.8. The fourth-order valence-electron chi connectivity index (χ4n) is 3.04. The van der Waals surface area contributed by atoms with E-state index in [9.17, 15) is 14.9 Å². The van der Waals surface area contributed by atoms with Gasteiger partial charge in [-0.1, -0.05) is 28.1 Å². The fourth-order valence-corrected chi connectivity index (χ4v) is 3.31. The van der Waals surface area contributed by atoms with E-state index in [0.29, 0.717) is 30.1 Å². The number of halogens is 1. The van der Waals surface area contributed by atoms with Gasteiger partial charge in [-0.15, -0.1) is 0 Å². The van der Waals surface area contributed by atoms with Crippen LogP contribution in [0.25, 0.3) is 17.4 Å². The fraction of sp³-hybridized carbons (Fsp3) is 0.227. The summed E-state index contributed by atoms with van der Waals surface area (Å²) in [6, 6.07) is 13.2. The van der Waals surface area contributed by atoms with Gasteiger partial charge in [0, 0.05) is 35.9 Å². The molecule has 0 radical (unpaired) electrons. The highest BCUT2D eigenvalue weighted by molar-refractivity contribution is 9.10. The number of amides is 2. The van der Waals surface area contributed by atoms with E-state index in [0.717, 1.165) is 14.9 Å². The summed E-state index contributed by atoms with van der Waals surface area (Å²) in [6.45, 7) is 2.20. The number of hydrogen-bond donors (Lipinski definition) is 0. The SMILES string of the molecule is COCCCN1C(=O)C(C#N)=C(C)/C(=C\c2ccc(-c3ccc(Br)cc3)o2)C1=O. The number of carbonyl (C=O) groups excluding carboxylic acids is 2. The number of imide groups is 1. The van der Waals surface area contributed by atoms with Gasteiger partial charge in [0.2, 0.25) is 0 Å². The first-order valence-corrected chi connectivity index (χ1v) is 9.79. The second-order valence-corrected chi connectivity index (χ2v) is 7.40. The lowest BCUT2D eigenvalue weighted by molar-refractivity contribution is -0.140. The molecule has 2 aromatic rings. The summed E-state index contributed by atoms with van der Waals surface area (Å²) in [5.74, 6) is 0.110. The number of benzene rings is 1. The quantitative estimate of drug-likeness (QED) is 0.368. The number of ether oxygens (including phenoxy) is 1. The highest BCUT2D eigenvalue weighted by Gasteiger charge is 2.35. The molecular formula is C22H19BrN2O4. The van der Waals surface area contributed by atoms with Gasteiger partial charge in [0.15, 0.2) is 0 Å². The van der Waals surface area contributed by atoms with Crippen LogP contribution in [-0.2, 0) is 14.3 Å². The maximum atomic E-state index is 12.9. The Morgan fingerprint density at radius 3 is 2.55 bits per heavy atom. The zero-order valence-electron chi connectivity index (χ0n) is 16.1. The topological polar surface area (TPSA) is 83.5 Å². The maximum Gasteiger partial charge on any atom is 0.271 e. The molecule has 0 unspecified atom stereocenters. The maximum absolute atomic E-state index is 12.9. The van der Waals surface area contributed by atoms with Gasteiger partial charge < -0.3 is 9.15 Å². The van der Waals surface area contributed by atoms with Crippen molar-refractivity contribution in [3.63, 3.8) is 0 Å². The van der Waals surface area contributed by atoms with E-state index in [2.05, 4.69) is 15.9 Å². The van der Waals surface area contributed by atoms with Crippen LogP contribution in [0.3, 0.4) is 0 Å². The van der Waals surface area contributed by atoms with Crippen LogP contribution < -0.4 is 0 Å². The Morgan fingerprint density at radius 2 is 1.90 bits per heavy atom. The summed E-state index contributed by atoms with van der Waals surface area (Å²) in [5.41, 5.74) is 1.49. The molecular weight excluding hydrogens is 436 g/mol. The van der Waals surface area contributed by atoms with E-state index in [4.69, 9.17) is 9.15 Å². The van der Waals surface area contributed by atoms with Gasteiger partial charge >= 0.3 is 0 Å². The molecule has 0 saturated heterocycles. The summed E-state index contributed by atoms with van der Waals surface area (Å²) >= 11 is 3.40. The van der Waals surface area contributed by atoms with Crippen molar-refractivity contribution in [2.75, 3.05) is 20.3 Å². The zero-order valence-corrected chi connectivity index (χ0v) is 17.7. The van der Waals surface area contributed by atoms with Crippen LogP contribution in [0.2, 0.25) is 0 Å². The smallest absolute Gasteiger partial charge is 0.271 e. The van der Waals surface area contributed by atoms with Crippen molar-refractivity contribution in [1.29, 1.82) is 5.26 Å². The van der Waals surface area contributed by atoms with Gasteiger partial charge in [-0.05, 0) is 49.3 Å². The number of carbonyl (C=O) groups is 2. The lowest BCUT2D eigenvalue weighted by Crippen LogP contribution is -2.43. The molecule has 6 nitrogen and oxygen atoms in total. The second-order valence-electron chi connectivity index (χ2n) is 6.49. The summed E-state index contributed by atoms with van der Waals surface area (Å²) in [6.07, 6.45) is 2.07. The van der Waals surface area contributed by atoms with E-state index in [-0.39, 0.29) is 17.7 Å². The summed E-state index contributed by atoms with van der Waals surface area (Å²) in [4.78, 5) is 26.5. The first-order chi connectivity index (χ1) is 14.0. The van der Waals surface area contributed by atoms with Gasteiger partial charge in [-0.3, -0.25) is 14.5 Å². The molecule has 1 aromatic carbocycles. The van der Waals surface area contributed by atoms with Crippen molar-refractivity contribution < 1.29 is 18.7 Å². The van der Waals surface area contributed by atoms with Crippen molar-refractivity contribution in [1.82, 2.24) is 4.90 Å². The average Bonchev–Trinajstić information content (AvgIpc) is 3.17. The molecule has 0 bridgehead atoms. The minimum atomic E-state index is -0.571. The molecule has 0 saturated carbocycles. The predicted octanol–water partition coefficient (Wildman–Crippen LogP) is 4.34. The molecule has 0 N–H and O–H groups in total. The van der Waals surface area contributed by atoms with E-state index in [1.54, 1.807) is 26.2 Å². The Hall–Kier alpha value is -2.95. The molecule has 2 heterocycles. The summed E-state index contributed by atoms with van der Waals surface area (Å²) < 4.78 is 11.8. The number of hydrogen-bond acceptors (Lipinski definition) is 5. The normalized spacial score (nSPS) is 15.9. The third-order valence-corrected chi connectivity index (χ3v) is 5.13. The van der Waals surface area contributed by atoms with E-state index >= 15 is 0 Å². The minimum absolute atomic E-state index is 0.0343. The van der Waals surface area contributed by atoms with Crippen molar-refractivity contribution >= 4 is 33.8 Å².